The highest BCUT2D eigenvalue weighted by Crippen LogP contribution is 2.21. The maximum absolute atomic E-state index is 12.9. The number of methoxy groups -OCH3 is 1. The van der Waals surface area contributed by atoms with Crippen molar-refractivity contribution in [2.45, 2.75) is 37.2 Å². The van der Waals surface area contributed by atoms with Crippen molar-refractivity contribution in [3.63, 3.8) is 0 Å². The number of ether oxygens (including phenoxy) is 1. The van der Waals surface area contributed by atoms with Gasteiger partial charge in [0, 0.05) is 25.7 Å². The molecule has 0 saturated carbocycles. The molecule has 29 heavy (non-hydrogen) atoms. The number of hydrogen-bond donors (Lipinski definition) is 2. The van der Waals surface area contributed by atoms with Crippen molar-refractivity contribution in [3.8, 4) is 5.75 Å². The number of piperidine rings is 1. The highest BCUT2D eigenvalue weighted by Gasteiger charge is 2.30. The highest BCUT2D eigenvalue weighted by atomic mass is 32.2. The highest BCUT2D eigenvalue weighted by molar-refractivity contribution is 7.89. The standard InChI is InChI=1S/C21H27N3O4S/c1-16-5-11-20(12-6-16)29(26,27)24-13-3-4-18(15-24)23-21(25)22-14-17-7-9-19(28-2)10-8-17/h5-12,18H,3-4,13-15H2,1-2H3,(H2,22,23,25). The van der Waals surface area contributed by atoms with Crippen molar-refractivity contribution < 1.29 is 17.9 Å². The predicted octanol–water partition coefficient (Wildman–Crippen LogP) is 2.66. The van der Waals surface area contributed by atoms with E-state index in [1.54, 1.807) is 31.4 Å². The molecule has 0 aliphatic carbocycles. The summed E-state index contributed by atoms with van der Waals surface area (Å²) < 4.78 is 32.3. The fraction of sp³-hybridized carbons (Fsp3) is 0.381. The smallest absolute Gasteiger partial charge is 0.315 e. The second-order valence-electron chi connectivity index (χ2n) is 7.19. The van der Waals surface area contributed by atoms with E-state index in [0.717, 1.165) is 23.3 Å². The van der Waals surface area contributed by atoms with Crippen LogP contribution in [0.2, 0.25) is 0 Å². The van der Waals surface area contributed by atoms with E-state index in [-0.39, 0.29) is 23.5 Å². The van der Waals surface area contributed by atoms with Crippen molar-refractivity contribution in [2.75, 3.05) is 20.2 Å². The molecule has 0 spiro atoms. The molecule has 3 rings (SSSR count). The van der Waals surface area contributed by atoms with Crippen LogP contribution in [-0.2, 0) is 16.6 Å². The minimum absolute atomic E-state index is 0.222. The largest absolute Gasteiger partial charge is 0.497 e. The van der Waals surface area contributed by atoms with Gasteiger partial charge in [-0.1, -0.05) is 29.8 Å². The van der Waals surface area contributed by atoms with Gasteiger partial charge in [0.1, 0.15) is 5.75 Å². The van der Waals surface area contributed by atoms with Crippen LogP contribution >= 0.6 is 0 Å². The summed E-state index contributed by atoms with van der Waals surface area (Å²) >= 11 is 0. The molecule has 2 amide bonds. The van der Waals surface area contributed by atoms with Gasteiger partial charge in [-0.3, -0.25) is 0 Å². The Hall–Kier alpha value is -2.58. The van der Waals surface area contributed by atoms with Crippen LogP contribution in [0.25, 0.3) is 0 Å². The predicted molar refractivity (Wildman–Crippen MR) is 111 cm³/mol. The molecule has 8 heteroatoms. The Morgan fingerprint density at radius 3 is 2.48 bits per heavy atom. The summed E-state index contributed by atoms with van der Waals surface area (Å²) in [5.74, 6) is 0.760. The molecule has 156 valence electrons. The number of aryl methyl sites for hydroxylation is 1. The Labute approximate surface area is 172 Å². The van der Waals surface area contributed by atoms with Crippen LogP contribution in [0.3, 0.4) is 0 Å². The number of rotatable bonds is 6. The van der Waals surface area contributed by atoms with Gasteiger partial charge < -0.3 is 15.4 Å². The Morgan fingerprint density at radius 2 is 1.83 bits per heavy atom. The summed E-state index contributed by atoms with van der Waals surface area (Å²) in [5.41, 5.74) is 1.96. The van der Waals surface area contributed by atoms with E-state index < -0.39 is 10.0 Å². The van der Waals surface area contributed by atoms with Crippen LogP contribution in [0.1, 0.15) is 24.0 Å². The number of carbonyl (C=O) groups is 1. The van der Waals surface area contributed by atoms with Gasteiger partial charge in [-0.05, 0) is 49.6 Å². The van der Waals surface area contributed by atoms with Crippen molar-refractivity contribution in [1.82, 2.24) is 14.9 Å². The summed E-state index contributed by atoms with van der Waals surface area (Å²) in [7, 11) is -1.96. The molecule has 0 radical (unpaired) electrons. The van der Waals surface area contributed by atoms with Gasteiger partial charge in [0.25, 0.3) is 0 Å². The van der Waals surface area contributed by atoms with Crippen LogP contribution in [0, 0.1) is 6.92 Å². The molecule has 2 N–H and O–H groups in total. The molecule has 7 nitrogen and oxygen atoms in total. The lowest BCUT2D eigenvalue weighted by Gasteiger charge is -2.32. The van der Waals surface area contributed by atoms with Gasteiger partial charge in [0.05, 0.1) is 12.0 Å². The van der Waals surface area contributed by atoms with E-state index in [9.17, 15) is 13.2 Å². The van der Waals surface area contributed by atoms with Crippen LogP contribution in [0.5, 0.6) is 5.75 Å². The maximum Gasteiger partial charge on any atom is 0.315 e. The van der Waals surface area contributed by atoms with Crippen LogP contribution in [0.15, 0.2) is 53.4 Å². The molecule has 2 aromatic rings. The fourth-order valence-corrected chi connectivity index (χ4v) is 4.82. The second-order valence-corrected chi connectivity index (χ2v) is 9.13. The number of sulfonamides is 1. The zero-order valence-corrected chi connectivity index (χ0v) is 17.5. The summed E-state index contributed by atoms with van der Waals surface area (Å²) in [5, 5.41) is 5.71. The average Bonchev–Trinajstić information content (AvgIpc) is 2.73. The van der Waals surface area contributed by atoms with Gasteiger partial charge in [-0.15, -0.1) is 0 Å². The van der Waals surface area contributed by atoms with Crippen LogP contribution in [0.4, 0.5) is 4.79 Å². The van der Waals surface area contributed by atoms with E-state index in [1.807, 2.05) is 31.2 Å². The lowest BCUT2D eigenvalue weighted by molar-refractivity contribution is 0.225. The summed E-state index contributed by atoms with van der Waals surface area (Å²) in [4.78, 5) is 12.5. The fourth-order valence-electron chi connectivity index (χ4n) is 3.30. The minimum Gasteiger partial charge on any atom is -0.497 e. The molecule has 1 fully saturated rings. The molecule has 0 aromatic heterocycles. The van der Waals surface area contributed by atoms with Gasteiger partial charge in [-0.2, -0.15) is 4.31 Å². The molecule has 1 aliphatic rings. The topological polar surface area (TPSA) is 87.7 Å². The summed E-state index contributed by atoms with van der Waals surface area (Å²) in [6.45, 7) is 3.03. The molecular weight excluding hydrogens is 390 g/mol. The first kappa shape index (κ1) is 21.1. The number of urea groups is 1. The molecule has 2 aromatic carbocycles. The van der Waals surface area contributed by atoms with Gasteiger partial charge >= 0.3 is 6.03 Å². The Bertz CT molecular complexity index is 927. The molecule has 1 aliphatic heterocycles. The third-order valence-corrected chi connectivity index (χ3v) is 6.87. The van der Waals surface area contributed by atoms with E-state index in [2.05, 4.69) is 10.6 Å². The Morgan fingerprint density at radius 1 is 1.14 bits per heavy atom. The van der Waals surface area contributed by atoms with Gasteiger partial charge in [-0.25, -0.2) is 13.2 Å². The molecule has 0 bridgehead atoms. The SMILES string of the molecule is COc1ccc(CNC(=O)NC2CCCN(S(=O)(=O)c3ccc(C)cc3)C2)cc1. The number of amides is 2. The van der Waals surface area contributed by atoms with E-state index in [1.165, 1.54) is 4.31 Å². The lowest BCUT2D eigenvalue weighted by atomic mass is 10.1. The summed E-state index contributed by atoms with van der Waals surface area (Å²) in [6.07, 6.45) is 1.45. The molecule has 1 saturated heterocycles. The van der Waals surface area contributed by atoms with E-state index in [0.29, 0.717) is 19.5 Å². The molecule has 1 heterocycles. The first-order chi connectivity index (χ1) is 13.9. The van der Waals surface area contributed by atoms with Gasteiger partial charge in [0.15, 0.2) is 0 Å². The van der Waals surface area contributed by atoms with E-state index in [4.69, 9.17) is 4.74 Å². The zero-order valence-electron chi connectivity index (χ0n) is 16.7. The third-order valence-electron chi connectivity index (χ3n) is 4.99. The Kier molecular flexibility index (Phi) is 6.76. The van der Waals surface area contributed by atoms with E-state index >= 15 is 0 Å². The third kappa shape index (κ3) is 5.48. The first-order valence-corrected chi connectivity index (χ1v) is 11.1. The normalized spacial score (nSPS) is 17.5. The quantitative estimate of drug-likeness (QED) is 0.756. The number of benzene rings is 2. The molecular formula is C21H27N3O4S. The number of nitrogens with zero attached hydrogens (tertiary/aromatic N) is 1. The zero-order chi connectivity index (χ0) is 20.9. The Balaban J connectivity index is 1.54. The molecule has 1 atom stereocenters. The van der Waals surface area contributed by atoms with Gasteiger partial charge in [0.2, 0.25) is 10.0 Å². The second kappa shape index (κ2) is 9.28. The summed E-state index contributed by atoms with van der Waals surface area (Å²) in [6, 6.07) is 13.8. The lowest BCUT2D eigenvalue weighted by Crippen LogP contribution is -2.51. The number of hydrogen-bond acceptors (Lipinski definition) is 4. The monoisotopic (exact) mass is 417 g/mol. The van der Waals surface area contributed by atoms with Crippen molar-refractivity contribution in [3.05, 3.63) is 59.7 Å². The molecule has 1 unspecified atom stereocenters. The van der Waals surface area contributed by atoms with Crippen LogP contribution in [-0.4, -0.2) is 45.0 Å². The number of carbonyl (C=O) groups excluding carboxylic acids is 1. The first-order valence-electron chi connectivity index (χ1n) is 9.62. The maximum atomic E-state index is 12.9. The minimum atomic E-state index is -3.56. The average molecular weight is 418 g/mol. The van der Waals surface area contributed by atoms with Crippen LogP contribution < -0.4 is 15.4 Å². The van der Waals surface area contributed by atoms with Crippen molar-refractivity contribution >= 4 is 16.1 Å². The van der Waals surface area contributed by atoms with Crippen molar-refractivity contribution in [1.29, 1.82) is 0 Å². The number of nitrogens with one attached hydrogen (secondary N) is 2. The van der Waals surface area contributed by atoms with Crippen molar-refractivity contribution in [2.24, 2.45) is 0 Å².